The summed E-state index contributed by atoms with van der Waals surface area (Å²) < 4.78 is 0. The smallest absolute Gasteiger partial charge is 0.0120 e. The summed E-state index contributed by atoms with van der Waals surface area (Å²) in [6.45, 7) is 8.27. The fraction of sp³-hybridized carbons (Fsp3) is 1.00. The monoisotopic (exact) mass is 227 g/mol. The quantitative estimate of drug-likeness (QED) is 0.713. The van der Waals surface area contributed by atoms with Gasteiger partial charge in [0, 0.05) is 18.6 Å². The van der Waals surface area contributed by atoms with E-state index in [0.717, 1.165) is 18.5 Å². The van der Waals surface area contributed by atoms with Gasteiger partial charge in [0.15, 0.2) is 0 Å². The van der Waals surface area contributed by atoms with E-state index < -0.39 is 0 Å². The summed E-state index contributed by atoms with van der Waals surface area (Å²) in [6.07, 6.45) is 2.54. The number of nitrogens with one attached hydrogen (secondary N) is 1. The van der Waals surface area contributed by atoms with Crippen molar-refractivity contribution < 1.29 is 0 Å². The van der Waals surface area contributed by atoms with Crippen molar-refractivity contribution in [2.45, 2.75) is 38.8 Å². The van der Waals surface area contributed by atoms with Crippen molar-refractivity contribution in [1.82, 2.24) is 15.1 Å². The van der Waals surface area contributed by atoms with Gasteiger partial charge in [0.2, 0.25) is 0 Å². The first-order chi connectivity index (χ1) is 7.50. The van der Waals surface area contributed by atoms with Gasteiger partial charge < -0.3 is 15.1 Å². The summed E-state index contributed by atoms with van der Waals surface area (Å²) in [7, 11) is 6.52. The second-order valence-corrected chi connectivity index (χ2v) is 5.72. The van der Waals surface area contributed by atoms with E-state index in [0.29, 0.717) is 6.04 Å². The summed E-state index contributed by atoms with van der Waals surface area (Å²) in [5, 5.41) is 3.72. The van der Waals surface area contributed by atoms with E-state index in [1.807, 2.05) is 0 Å². The third kappa shape index (κ3) is 4.40. The number of rotatable bonds is 5. The molecule has 0 radical (unpaired) electrons. The lowest BCUT2D eigenvalue weighted by Gasteiger charge is -2.40. The lowest BCUT2D eigenvalue weighted by Crippen LogP contribution is -2.51. The van der Waals surface area contributed by atoms with Crippen molar-refractivity contribution in [1.29, 1.82) is 0 Å². The van der Waals surface area contributed by atoms with Gasteiger partial charge >= 0.3 is 0 Å². The summed E-state index contributed by atoms with van der Waals surface area (Å²) >= 11 is 0. The van der Waals surface area contributed by atoms with Crippen molar-refractivity contribution in [3.05, 3.63) is 0 Å². The molecule has 1 N–H and O–H groups in total. The molecule has 0 aromatic heterocycles. The lowest BCUT2D eigenvalue weighted by molar-refractivity contribution is 0.121. The molecule has 1 fully saturated rings. The molecule has 0 aromatic carbocycles. The Bertz CT molecular complexity index is 194. The Hall–Kier alpha value is -0.120. The molecule has 96 valence electrons. The van der Waals surface area contributed by atoms with Gasteiger partial charge in [-0.25, -0.2) is 0 Å². The van der Waals surface area contributed by atoms with Crippen LogP contribution in [0.4, 0.5) is 0 Å². The molecule has 3 heteroatoms. The topological polar surface area (TPSA) is 18.5 Å². The van der Waals surface area contributed by atoms with Crippen LogP contribution in [0.5, 0.6) is 0 Å². The van der Waals surface area contributed by atoms with Gasteiger partial charge in [-0.05, 0) is 59.9 Å². The molecule has 0 spiro atoms. The highest BCUT2D eigenvalue weighted by atomic mass is 15.2. The number of hydrogen-bond donors (Lipinski definition) is 1. The van der Waals surface area contributed by atoms with Crippen LogP contribution < -0.4 is 5.32 Å². The Kier molecular flexibility index (Phi) is 5.73. The molecule has 0 bridgehead atoms. The van der Waals surface area contributed by atoms with E-state index in [4.69, 9.17) is 0 Å². The van der Waals surface area contributed by atoms with Crippen LogP contribution in [-0.2, 0) is 0 Å². The Morgan fingerprint density at radius 3 is 2.62 bits per heavy atom. The van der Waals surface area contributed by atoms with Gasteiger partial charge in [0.05, 0.1) is 0 Å². The molecule has 1 aliphatic rings. The third-order valence-corrected chi connectivity index (χ3v) is 3.80. The molecular formula is C13H29N3. The van der Waals surface area contributed by atoms with Crippen LogP contribution in [0.1, 0.15) is 26.7 Å². The normalized spacial score (nSPS) is 32.2. The second-order valence-electron chi connectivity index (χ2n) is 5.72. The SMILES string of the molecule is C[C@@H]1CN(C)[C@H](C)C[C@H]1NCCCN(C)C. The maximum absolute atomic E-state index is 3.72. The zero-order valence-electron chi connectivity index (χ0n) is 11.7. The highest BCUT2D eigenvalue weighted by molar-refractivity contribution is 4.85. The largest absolute Gasteiger partial charge is 0.314 e. The fourth-order valence-electron chi connectivity index (χ4n) is 2.51. The zero-order chi connectivity index (χ0) is 12.1. The average Bonchev–Trinajstić information content (AvgIpc) is 2.19. The van der Waals surface area contributed by atoms with Crippen LogP contribution in [0, 0.1) is 5.92 Å². The van der Waals surface area contributed by atoms with Crippen molar-refractivity contribution >= 4 is 0 Å². The van der Waals surface area contributed by atoms with E-state index in [9.17, 15) is 0 Å². The molecule has 3 atom stereocenters. The van der Waals surface area contributed by atoms with Crippen molar-refractivity contribution in [3.63, 3.8) is 0 Å². The number of piperidine rings is 1. The fourth-order valence-corrected chi connectivity index (χ4v) is 2.51. The van der Waals surface area contributed by atoms with E-state index in [1.54, 1.807) is 0 Å². The zero-order valence-corrected chi connectivity index (χ0v) is 11.7. The van der Waals surface area contributed by atoms with Crippen LogP contribution in [0.2, 0.25) is 0 Å². The van der Waals surface area contributed by atoms with Gasteiger partial charge in [-0.1, -0.05) is 6.92 Å². The van der Waals surface area contributed by atoms with Gasteiger partial charge in [-0.2, -0.15) is 0 Å². The first-order valence-electron chi connectivity index (χ1n) is 6.59. The molecule has 1 aliphatic heterocycles. The predicted octanol–water partition coefficient (Wildman–Crippen LogP) is 1.26. The molecule has 1 rings (SSSR count). The minimum absolute atomic E-state index is 0.716. The van der Waals surface area contributed by atoms with E-state index in [1.165, 1.54) is 25.9 Å². The lowest BCUT2D eigenvalue weighted by atomic mass is 9.90. The molecule has 3 nitrogen and oxygen atoms in total. The third-order valence-electron chi connectivity index (χ3n) is 3.80. The van der Waals surface area contributed by atoms with E-state index >= 15 is 0 Å². The highest BCUT2D eigenvalue weighted by Crippen LogP contribution is 2.20. The summed E-state index contributed by atoms with van der Waals surface area (Å²) in [4.78, 5) is 4.73. The Morgan fingerprint density at radius 2 is 2.00 bits per heavy atom. The van der Waals surface area contributed by atoms with Crippen LogP contribution >= 0.6 is 0 Å². The predicted molar refractivity (Wildman–Crippen MR) is 70.8 cm³/mol. The number of nitrogens with zero attached hydrogens (tertiary/aromatic N) is 2. The van der Waals surface area contributed by atoms with Gasteiger partial charge in [-0.3, -0.25) is 0 Å². The molecule has 0 saturated carbocycles. The highest BCUT2D eigenvalue weighted by Gasteiger charge is 2.27. The van der Waals surface area contributed by atoms with Crippen LogP contribution in [0.3, 0.4) is 0 Å². The van der Waals surface area contributed by atoms with E-state index in [2.05, 4.69) is 50.1 Å². The minimum atomic E-state index is 0.716. The van der Waals surface area contributed by atoms with Crippen molar-refractivity contribution in [2.75, 3.05) is 40.8 Å². The van der Waals surface area contributed by atoms with Crippen molar-refractivity contribution in [2.24, 2.45) is 5.92 Å². The minimum Gasteiger partial charge on any atom is -0.314 e. The van der Waals surface area contributed by atoms with Gasteiger partial charge in [-0.15, -0.1) is 0 Å². The second kappa shape index (κ2) is 6.58. The Labute approximate surface area is 101 Å². The first-order valence-corrected chi connectivity index (χ1v) is 6.59. The van der Waals surface area contributed by atoms with E-state index in [-0.39, 0.29) is 0 Å². The molecule has 1 heterocycles. The van der Waals surface area contributed by atoms with Crippen LogP contribution in [0.15, 0.2) is 0 Å². The summed E-state index contributed by atoms with van der Waals surface area (Å²) in [5.74, 6) is 0.778. The van der Waals surface area contributed by atoms with Crippen molar-refractivity contribution in [3.8, 4) is 0 Å². The maximum atomic E-state index is 3.72. The molecule has 1 saturated heterocycles. The van der Waals surface area contributed by atoms with Gasteiger partial charge in [0.1, 0.15) is 0 Å². The first kappa shape index (κ1) is 13.9. The maximum Gasteiger partial charge on any atom is 0.0120 e. The Morgan fingerprint density at radius 1 is 1.31 bits per heavy atom. The molecule has 0 unspecified atom stereocenters. The molecule has 0 amide bonds. The number of likely N-dealkylation sites (tertiary alicyclic amines) is 1. The molecule has 16 heavy (non-hydrogen) atoms. The molecular weight excluding hydrogens is 198 g/mol. The Balaban J connectivity index is 2.20. The molecule has 0 aliphatic carbocycles. The average molecular weight is 227 g/mol. The van der Waals surface area contributed by atoms with Gasteiger partial charge in [0.25, 0.3) is 0 Å². The van der Waals surface area contributed by atoms with Crippen LogP contribution in [0.25, 0.3) is 0 Å². The summed E-state index contributed by atoms with van der Waals surface area (Å²) in [6, 6.07) is 1.44. The van der Waals surface area contributed by atoms with Crippen LogP contribution in [-0.4, -0.2) is 62.7 Å². The summed E-state index contributed by atoms with van der Waals surface area (Å²) in [5.41, 5.74) is 0. The number of hydrogen-bond acceptors (Lipinski definition) is 3. The standard InChI is InChI=1S/C13H29N3/c1-11-10-16(5)12(2)9-13(11)14-7-6-8-15(3)4/h11-14H,6-10H2,1-5H3/t11-,12-,13-/m1/s1. The molecule has 0 aromatic rings.